The summed E-state index contributed by atoms with van der Waals surface area (Å²) in [7, 11) is 4.04. The molecule has 34 heavy (non-hydrogen) atoms. The molecule has 0 unspecified atom stereocenters. The molecule has 0 bridgehead atoms. The number of benzene rings is 2. The molecular formula is C23H24IN5O5-2. The Labute approximate surface area is 206 Å². The first-order valence-electron chi connectivity index (χ1n) is 10.5. The molecule has 4 aromatic rings. The molecule has 0 amide bonds. The van der Waals surface area contributed by atoms with E-state index in [1.165, 1.54) is 4.57 Å². The zero-order valence-electron chi connectivity index (χ0n) is 18.7. The number of halogens is 1. The van der Waals surface area contributed by atoms with Crippen molar-refractivity contribution in [1.29, 1.82) is 0 Å². The molecular weight excluding hydrogens is 553 g/mol. The molecule has 2 aromatic carbocycles. The second-order valence-electron chi connectivity index (χ2n) is 7.82. The summed E-state index contributed by atoms with van der Waals surface area (Å²) in [5, 5.41) is 20.1. The summed E-state index contributed by atoms with van der Waals surface area (Å²) in [6.45, 7) is 1.81. The van der Waals surface area contributed by atoms with Gasteiger partial charge in [-0.1, -0.05) is 0 Å². The second kappa shape index (κ2) is 11.1. The van der Waals surface area contributed by atoms with Crippen molar-refractivity contribution in [2.24, 2.45) is 0 Å². The first-order valence-corrected chi connectivity index (χ1v) is 12.6. The number of aromatic nitrogens is 3. The minimum absolute atomic E-state index is 0.0494. The topological polar surface area (TPSA) is 120 Å². The Kier molecular flexibility index (Phi) is 7.90. The first-order chi connectivity index (χ1) is 16.4. The number of hydrogen-bond donors (Lipinski definition) is 1. The molecule has 0 spiro atoms. The van der Waals surface area contributed by atoms with Gasteiger partial charge in [0.1, 0.15) is 0 Å². The number of nitrogens with zero attached hydrogens (tertiary/aromatic N) is 5. The van der Waals surface area contributed by atoms with Gasteiger partial charge in [-0.2, -0.15) is 0 Å². The number of fused-ring (bicyclic) bond motifs is 1. The van der Waals surface area contributed by atoms with Crippen LogP contribution in [-0.2, 0) is 6.54 Å². The summed E-state index contributed by atoms with van der Waals surface area (Å²) in [4.78, 5) is 23.4. The summed E-state index contributed by atoms with van der Waals surface area (Å²) in [5.74, 6) is 0.677. The van der Waals surface area contributed by atoms with E-state index in [-0.39, 0.29) is 9.98 Å². The van der Waals surface area contributed by atoms with Crippen molar-refractivity contribution in [2.45, 2.75) is 13.0 Å². The third-order valence-corrected chi connectivity index (χ3v) is 6.61. The normalized spacial score (nSPS) is 11.7. The Morgan fingerprint density at radius 3 is 2.71 bits per heavy atom. The van der Waals surface area contributed by atoms with Crippen LogP contribution >= 0.6 is 0 Å². The first kappa shape index (κ1) is 24.3. The predicted octanol–water partition coefficient (Wildman–Crippen LogP) is -0.207. The van der Waals surface area contributed by atoms with Gasteiger partial charge in [0.2, 0.25) is 0 Å². The van der Waals surface area contributed by atoms with Crippen LogP contribution in [-0.4, -0.2) is 55.3 Å². The molecule has 11 heteroatoms. The van der Waals surface area contributed by atoms with E-state index < -0.39 is 27.2 Å². The average Bonchev–Trinajstić information content (AvgIpc) is 3.11. The summed E-state index contributed by atoms with van der Waals surface area (Å²) < 4.78 is 13.2. The van der Waals surface area contributed by atoms with Crippen LogP contribution in [0.25, 0.3) is 22.5 Å². The van der Waals surface area contributed by atoms with Gasteiger partial charge in [-0.15, -0.1) is 0 Å². The van der Waals surface area contributed by atoms with Gasteiger partial charge in [0.25, 0.3) is 0 Å². The zero-order valence-corrected chi connectivity index (χ0v) is 20.9. The van der Waals surface area contributed by atoms with E-state index in [4.69, 9.17) is 14.4 Å². The van der Waals surface area contributed by atoms with Gasteiger partial charge in [-0.05, 0) is 20.5 Å². The molecule has 4 rings (SSSR count). The Morgan fingerprint density at radius 1 is 1.18 bits per heavy atom. The van der Waals surface area contributed by atoms with Crippen LogP contribution in [0.4, 0.5) is 0 Å². The average molecular weight is 577 g/mol. The summed E-state index contributed by atoms with van der Waals surface area (Å²) in [6, 6.07) is 12.6. The van der Waals surface area contributed by atoms with Crippen LogP contribution in [0, 0.1) is 8.78 Å². The van der Waals surface area contributed by atoms with Gasteiger partial charge < -0.3 is 9.64 Å². The van der Waals surface area contributed by atoms with E-state index in [0.29, 0.717) is 32.9 Å². The maximum absolute atomic E-state index is 12.5. The molecule has 0 atom stereocenters. The molecule has 2 heterocycles. The molecule has 0 radical (unpaired) electrons. The SMILES string of the molecule is CN(C)CCCOc1cnc(-c2cccc(Cn3c(=O)oc4ccc([I-]N([O-])O)cc43)c2)nc1. The summed E-state index contributed by atoms with van der Waals surface area (Å²) >= 11 is -1.27. The fraction of sp³-hybridized carbons (Fsp3) is 0.261. The van der Waals surface area contributed by atoms with Gasteiger partial charge in [-0.25, -0.2) is 0 Å². The third kappa shape index (κ3) is 6.18. The molecule has 2 aromatic heterocycles. The number of ether oxygens (including phenoxy) is 1. The van der Waals surface area contributed by atoms with Gasteiger partial charge in [0.05, 0.1) is 6.61 Å². The fourth-order valence-electron chi connectivity index (χ4n) is 3.42. The second-order valence-corrected chi connectivity index (χ2v) is 10.4. The fourth-order valence-corrected chi connectivity index (χ4v) is 4.67. The molecule has 0 aliphatic rings. The van der Waals surface area contributed by atoms with Crippen molar-refractivity contribution < 1.29 is 35.8 Å². The molecule has 0 saturated carbocycles. The Hall–Kier alpha value is -2.84. The standard InChI is InChI=1S/C23H24IN5O5/c1-27(2)9-4-10-33-19-13-25-22(26-14-19)17-6-3-5-16(11-17)15-28-20-12-18(24-29(31)32)7-8-21(20)34-23(28)30/h3,5-8,11-14,31H,4,9-10,15H2,1-2H3/q-2. The van der Waals surface area contributed by atoms with Crippen LogP contribution in [0.15, 0.2) is 64.1 Å². The quantitative estimate of drug-likeness (QED) is 0.118. The van der Waals surface area contributed by atoms with Crippen LogP contribution in [0.2, 0.25) is 0 Å². The van der Waals surface area contributed by atoms with E-state index in [9.17, 15) is 10.0 Å². The molecule has 0 aliphatic carbocycles. The van der Waals surface area contributed by atoms with E-state index >= 15 is 0 Å². The molecule has 0 saturated heterocycles. The van der Waals surface area contributed by atoms with Gasteiger partial charge in [-0.3, -0.25) is 0 Å². The Morgan fingerprint density at radius 2 is 1.97 bits per heavy atom. The predicted molar refractivity (Wildman–Crippen MR) is 121 cm³/mol. The number of hydrogen-bond acceptors (Lipinski definition) is 9. The monoisotopic (exact) mass is 577 g/mol. The maximum atomic E-state index is 12.5. The van der Waals surface area contributed by atoms with Crippen molar-refractivity contribution in [3.05, 3.63) is 79.7 Å². The zero-order chi connectivity index (χ0) is 24.1. The number of rotatable bonds is 10. The van der Waals surface area contributed by atoms with Crippen LogP contribution < -0.4 is 32.0 Å². The summed E-state index contributed by atoms with van der Waals surface area (Å²) in [5.41, 5.74) is 2.67. The van der Waals surface area contributed by atoms with E-state index in [1.807, 2.05) is 38.4 Å². The Balaban J connectivity index is 1.50. The van der Waals surface area contributed by atoms with Gasteiger partial charge in [0, 0.05) is 6.54 Å². The van der Waals surface area contributed by atoms with Crippen molar-refractivity contribution in [3.8, 4) is 17.1 Å². The van der Waals surface area contributed by atoms with Crippen LogP contribution in [0.1, 0.15) is 12.0 Å². The molecule has 0 fully saturated rings. The summed E-state index contributed by atoms with van der Waals surface area (Å²) in [6.07, 6.45) is 4.23. The van der Waals surface area contributed by atoms with Crippen molar-refractivity contribution in [3.63, 3.8) is 0 Å². The number of oxazole rings is 1. The molecule has 180 valence electrons. The van der Waals surface area contributed by atoms with E-state index in [0.717, 1.165) is 24.1 Å². The minimum atomic E-state index is -1.27. The van der Waals surface area contributed by atoms with Crippen molar-refractivity contribution in [1.82, 2.24) is 22.9 Å². The molecule has 0 aliphatic heterocycles. The van der Waals surface area contributed by atoms with Gasteiger partial charge >= 0.3 is 164 Å². The van der Waals surface area contributed by atoms with E-state index in [1.54, 1.807) is 30.6 Å². The molecule has 1 N–H and O–H groups in total. The third-order valence-electron chi connectivity index (χ3n) is 4.97. The van der Waals surface area contributed by atoms with Crippen LogP contribution in [0.5, 0.6) is 5.75 Å². The molecule has 10 nitrogen and oxygen atoms in total. The Bertz CT molecular complexity index is 1300. The van der Waals surface area contributed by atoms with Crippen molar-refractivity contribution >= 4 is 11.1 Å². The van der Waals surface area contributed by atoms with Crippen LogP contribution in [0.3, 0.4) is 0 Å². The van der Waals surface area contributed by atoms with Gasteiger partial charge in [0.15, 0.2) is 0 Å². The van der Waals surface area contributed by atoms with E-state index in [2.05, 4.69) is 14.9 Å². The van der Waals surface area contributed by atoms with Crippen molar-refractivity contribution in [2.75, 3.05) is 27.2 Å².